The molecular formula is C13H17BrN2O2. The van der Waals surface area contributed by atoms with Crippen molar-refractivity contribution in [3.63, 3.8) is 0 Å². The number of aryl methyl sites for hydroxylation is 1. The molecule has 1 aromatic carbocycles. The number of amides is 2. The van der Waals surface area contributed by atoms with Crippen molar-refractivity contribution in [1.82, 2.24) is 4.90 Å². The van der Waals surface area contributed by atoms with Gasteiger partial charge in [0.15, 0.2) is 0 Å². The van der Waals surface area contributed by atoms with Crippen LogP contribution in [0.25, 0.3) is 0 Å². The largest absolute Gasteiger partial charge is 0.394 e. The molecule has 18 heavy (non-hydrogen) atoms. The van der Waals surface area contributed by atoms with Gasteiger partial charge in [-0.2, -0.15) is 0 Å². The van der Waals surface area contributed by atoms with E-state index in [1.807, 2.05) is 25.1 Å². The van der Waals surface area contributed by atoms with Crippen molar-refractivity contribution < 1.29 is 9.90 Å². The third-order valence-electron chi connectivity index (χ3n) is 3.27. The number of carbonyl (C=O) groups is 1. The van der Waals surface area contributed by atoms with Crippen LogP contribution in [0.4, 0.5) is 10.5 Å². The minimum absolute atomic E-state index is 0.0328. The topological polar surface area (TPSA) is 52.6 Å². The van der Waals surface area contributed by atoms with Gasteiger partial charge in [-0.05, 0) is 37.5 Å². The van der Waals surface area contributed by atoms with Gasteiger partial charge < -0.3 is 15.3 Å². The number of benzene rings is 1. The van der Waals surface area contributed by atoms with E-state index < -0.39 is 0 Å². The summed E-state index contributed by atoms with van der Waals surface area (Å²) in [5.41, 5.74) is 1.89. The number of hydrogen-bond donors (Lipinski definition) is 2. The first-order valence-corrected chi connectivity index (χ1v) is 6.85. The van der Waals surface area contributed by atoms with Gasteiger partial charge in [0.1, 0.15) is 0 Å². The number of likely N-dealkylation sites (tertiary alicyclic amines) is 1. The summed E-state index contributed by atoms with van der Waals surface area (Å²) in [4.78, 5) is 13.8. The Morgan fingerprint density at radius 1 is 1.61 bits per heavy atom. The lowest BCUT2D eigenvalue weighted by atomic mass is 10.2. The third-order valence-corrected chi connectivity index (χ3v) is 4.13. The van der Waals surface area contributed by atoms with Crippen LogP contribution in [0.5, 0.6) is 0 Å². The highest BCUT2D eigenvalue weighted by molar-refractivity contribution is 9.10. The molecule has 0 bridgehead atoms. The summed E-state index contributed by atoms with van der Waals surface area (Å²) in [7, 11) is 0. The van der Waals surface area contributed by atoms with Crippen molar-refractivity contribution in [1.29, 1.82) is 0 Å². The van der Waals surface area contributed by atoms with Crippen molar-refractivity contribution >= 4 is 27.6 Å². The van der Waals surface area contributed by atoms with Gasteiger partial charge in [-0.1, -0.05) is 22.0 Å². The fourth-order valence-corrected chi connectivity index (χ4v) is 2.54. The van der Waals surface area contributed by atoms with E-state index >= 15 is 0 Å². The van der Waals surface area contributed by atoms with Crippen LogP contribution in [0.3, 0.4) is 0 Å². The Hall–Kier alpha value is -1.07. The molecule has 1 atom stereocenters. The molecule has 2 N–H and O–H groups in total. The molecule has 2 rings (SSSR count). The zero-order valence-electron chi connectivity index (χ0n) is 10.3. The normalized spacial score (nSPS) is 19.1. The third kappa shape index (κ3) is 2.84. The second-order valence-electron chi connectivity index (χ2n) is 4.57. The predicted molar refractivity (Wildman–Crippen MR) is 74.7 cm³/mol. The average molecular weight is 313 g/mol. The van der Waals surface area contributed by atoms with E-state index in [2.05, 4.69) is 21.2 Å². The zero-order valence-corrected chi connectivity index (χ0v) is 11.9. The summed E-state index contributed by atoms with van der Waals surface area (Å²) in [6, 6.07) is 5.54. The molecule has 1 saturated heterocycles. The maximum absolute atomic E-state index is 12.1. The molecule has 5 heteroatoms. The lowest BCUT2D eigenvalue weighted by Crippen LogP contribution is -2.40. The first-order valence-electron chi connectivity index (χ1n) is 6.06. The number of halogens is 1. The van der Waals surface area contributed by atoms with Gasteiger partial charge in [-0.25, -0.2) is 4.79 Å². The Kier molecular flexibility index (Phi) is 4.24. The molecule has 0 spiro atoms. The maximum atomic E-state index is 12.1. The molecule has 0 radical (unpaired) electrons. The summed E-state index contributed by atoms with van der Waals surface area (Å²) in [5.74, 6) is 0. The van der Waals surface area contributed by atoms with Crippen molar-refractivity contribution in [2.75, 3.05) is 18.5 Å². The molecule has 0 aromatic heterocycles. The molecule has 1 aliphatic heterocycles. The van der Waals surface area contributed by atoms with E-state index in [9.17, 15) is 9.90 Å². The van der Waals surface area contributed by atoms with Crippen molar-refractivity contribution in [2.45, 2.75) is 25.8 Å². The number of rotatable bonds is 2. The van der Waals surface area contributed by atoms with Crippen molar-refractivity contribution in [3.05, 3.63) is 28.2 Å². The molecule has 0 saturated carbocycles. The highest BCUT2D eigenvalue weighted by Crippen LogP contribution is 2.22. The average Bonchev–Trinajstić information content (AvgIpc) is 2.82. The molecule has 2 amide bonds. The summed E-state index contributed by atoms with van der Waals surface area (Å²) in [6.45, 7) is 2.74. The van der Waals surface area contributed by atoms with Crippen LogP contribution in [-0.2, 0) is 0 Å². The standard InChI is InChI=1S/C13H17BrN2O2/c1-9-4-5-10(7-12(9)14)15-13(18)16-6-2-3-11(16)8-17/h4-5,7,11,17H,2-3,6,8H2,1H3,(H,15,18). The first-order chi connectivity index (χ1) is 8.61. The zero-order chi connectivity index (χ0) is 13.1. The number of nitrogens with zero attached hydrogens (tertiary/aromatic N) is 1. The lowest BCUT2D eigenvalue weighted by molar-refractivity contribution is 0.166. The van der Waals surface area contributed by atoms with E-state index in [0.717, 1.165) is 28.6 Å². The molecule has 1 aromatic rings. The minimum atomic E-state index is -0.137. The molecule has 1 aliphatic rings. The van der Waals surface area contributed by atoms with Crippen LogP contribution in [0.15, 0.2) is 22.7 Å². The number of hydrogen-bond acceptors (Lipinski definition) is 2. The van der Waals surface area contributed by atoms with Crippen molar-refractivity contribution in [2.24, 2.45) is 0 Å². The minimum Gasteiger partial charge on any atom is -0.394 e. The fourth-order valence-electron chi connectivity index (χ4n) is 2.16. The second kappa shape index (κ2) is 5.71. The van der Waals surface area contributed by atoms with Gasteiger partial charge in [-0.3, -0.25) is 0 Å². The molecule has 0 aliphatic carbocycles. The fraction of sp³-hybridized carbons (Fsp3) is 0.462. The van der Waals surface area contributed by atoms with Crippen LogP contribution < -0.4 is 5.32 Å². The Labute approximate surface area is 115 Å². The highest BCUT2D eigenvalue weighted by atomic mass is 79.9. The summed E-state index contributed by atoms with van der Waals surface area (Å²) in [5, 5.41) is 12.1. The predicted octanol–water partition coefficient (Wildman–Crippen LogP) is 2.75. The number of aliphatic hydroxyl groups excluding tert-OH is 1. The molecule has 1 unspecified atom stereocenters. The second-order valence-corrected chi connectivity index (χ2v) is 5.42. The van der Waals surface area contributed by atoms with Crippen LogP contribution in [0.1, 0.15) is 18.4 Å². The summed E-state index contributed by atoms with van der Waals surface area (Å²) < 4.78 is 0.973. The Balaban J connectivity index is 2.04. The van der Waals surface area contributed by atoms with Crippen LogP contribution in [0, 0.1) is 6.92 Å². The molecular weight excluding hydrogens is 296 g/mol. The van der Waals surface area contributed by atoms with Crippen molar-refractivity contribution in [3.8, 4) is 0 Å². The van der Waals surface area contributed by atoms with E-state index in [0.29, 0.717) is 6.54 Å². The highest BCUT2D eigenvalue weighted by Gasteiger charge is 2.27. The van der Waals surface area contributed by atoms with Gasteiger partial charge in [0, 0.05) is 16.7 Å². The maximum Gasteiger partial charge on any atom is 0.322 e. The first kappa shape index (κ1) is 13.4. The summed E-state index contributed by atoms with van der Waals surface area (Å²) >= 11 is 3.44. The van der Waals surface area contributed by atoms with Gasteiger partial charge in [-0.15, -0.1) is 0 Å². The number of anilines is 1. The molecule has 1 fully saturated rings. The molecule has 98 valence electrons. The Bertz CT molecular complexity index is 451. The van der Waals surface area contributed by atoms with Crippen LogP contribution in [0.2, 0.25) is 0 Å². The Morgan fingerprint density at radius 3 is 3.06 bits per heavy atom. The van der Waals surface area contributed by atoms with Crippen LogP contribution in [-0.4, -0.2) is 35.2 Å². The number of nitrogens with one attached hydrogen (secondary N) is 1. The van der Waals surface area contributed by atoms with Gasteiger partial charge >= 0.3 is 6.03 Å². The molecule has 4 nitrogen and oxygen atoms in total. The smallest absolute Gasteiger partial charge is 0.322 e. The van der Waals surface area contributed by atoms with Gasteiger partial charge in [0.25, 0.3) is 0 Å². The van der Waals surface area contributed by atoms with E-state index in [-0.39, 0.29) is 18.7 Å². The number of aliphatic hydroxyl groups is 1. The van der Waals surface area contributed by atoms with Gasteiger partial charge in [0.2, 0.25) is 0 Å². The Morgan fingerprint density at radius 2 is 2.39 bits per heavy atom. The number of urea groups is 1. The molecule has 1 heterocycles. The number of carbonyl (C=O) groups excluding carboxylic acids is 1. The van der Waals surface area contributed by atoms with Crippen LogP contribution >= 0.6 is 15.9 Å². The summed E-state index contributed by atoms with van der Waals surface area (Å²) in [6.07, 6.45) is 1.83. The quantitative estimate of drug-likeness (QED) is 0.882. The SMILES string of the molecule is Cc1ccc(NC(=O)N2CCCC2CO)cc1Br. The van der Waals surface area contributed by atoms with E-state index in [1.165, 1.54) is 0 Å². The lowest BCUT2D eigenvalue weighted by Gasteiger charge is -2.23. The monoisotopic (exact) mass is 312 g/mol. The van der Waals surface area contributed by atoms with E-state index in [1.54, 1.807) is 4.90 Å². The van der Waals surface area contributed by atoms with E-state index in [4.69, 9.17) is 0 Å². The van der Waals surface area contributed by atoms with Gasteiger partial charge in [0.05, 0.1) is 12.6 Å².